The van der Waals surface area contributed by atoms with Gasteiger partial charge in [0.05, 0.1) is 10.6 Å². The Hall–Kier alpha value is -1.81. The minimum Gasteiger partial charge on any atom is -0.479 e. The molecule has 1 rings (SSSR count). The van der Waals surface area contributed by atoms with Gasteiger partial charge in [0.1, 0.15) is 6.04 Å². The van der Waals surface area contributed by atoms with Crippen LogP contribution in [-0.2, 0) is 4.79 Å². The van der Waals surface area contributed by atoms with E-state index in [1.54, 1.807) is 18.2 Å². The molecule has 0 aliphatic carbocycles. The lowest BCUT2D eigenvalue weighted by Gasteiger charge is -2.11. The number of rotatable bonds is 4. The van der Waals surface area contributed by atoms with Gasteiger partial charge in [-0.15, -0.1) is 6.58 Å². The lowest BCUT2D eigenvalue weighted by molar-refractivity contribution is -0.137. The number of amides is 1. The molecule has 0 fully saturated rings. The fraction of sp³-hybridized carbons (Fsp3) is 0.167. The zero-order valence-corrected chi connectivity index (χ0v) is 9.99. The fourth-order valence-corrected chi connectivity index (χ4v) is 1.46. The Balaban J connectivity index is 2.93. The molecule has 0 spiro atoms. The summed E-state index contributed by atoms with van der Waals surface area (Å²) in [6, 6.07) is 3.83. The van der Waals surface area contributed by atoms with E-state index in [2.05, 4.69) is 11.9 Å². The van der Waals surface area contributed by atoms with Gasteiger partial charge in [-0.25, -0.2) is 4.79 Å². The Morgan fingerprint density at radius 1 is 1.53 bits per heavy atom. The van der Waals surface area contributed by atoms with Crippen LogP contribution < -0.4 is 5.32 Å². The third-order valence-corrected chi connectivity index (χ3v) is 2.48. The van der Waals surface area contributed by atoms with Crippen LogP contribution in [0.5, 0.6) is 0 Å². The normalized spacial score (nSPS) is 11.6. The van der Waals surface area contributed by atoms with Gasteiger partial charge in [0.15, 0.2) is 0 Å². The van der Waals surface area contributed by atoms with Crippen molar-refractivity contribution in [3.8, 4) is 0 Å². The molecule has 1 amide bonds. The van der Waals surface area contributed by atoms with Gasteiger partial charge in [-0.3, -0.25) is 4.79 Å². The average molecular weight is 254 g/mol. The lowest BCUT2D eigenvalue weighted by atomic mass is 10.1. The van der Waals surface area contributed by atoms with Crippen molar-refractivity contribution in [1.29, 1.82) is 0 Å². The van der Waals surface area contributed by atoms with Crippen LogP contribution in [0.3, 0.4) is 0 Å². The fourth-order valence-electron chi connectivity index (χ4n) is 1.25. The Kier molecular flexibility index (Phi) is 4.29. The average Bonchev–Trinajstić information content (AvgIpc) is 2.28. The minimum absolute atomic E-state index is 0.250. The van der Waals surface area contributed by atoms with Crippen LogP contribution >= 0.6 is 11.6 Å². The van der Waals surface area contributed by atoms with E-state index in [0.29, 0.717) is 0 Å². The third-order valence-electron chi connectivity index (χ3n) is 2.15. The monoisotopic (exact) mass is 253 g/mol. The summed E-state index contributed by atoms with van der Waals surface area (Å²) in [5, 5.41) is 11.4. The highest BCUT2D eigenvalue weighted by atomic mass is 35.5. The molecule has 0 aromatic heterocycles. The van der Waals surface area contributed by atoms with Crippen LogP contribution in [0.2, 0.25) is 5.02 Å². The molecular formula is C12H12ClNO3. The van der Waals surface area contributed by atoms with E-state index in [1.165, 1.54) is 0 Å². The zero-order valence-electron chi connectivity index (χ0n) is 9.24. The van der Waals surface area contributed by atoms with Crippen molar-refractivity contribution in [1.82, 2.24) is 5.32 Å². The maximum Gasteiger partial charge on any atom is 0.330 e. The Morgan fingerprint density at radius 3 is 2.71 bits per heavy atom. The first-order valence-corrected chi connectivity index (χ1v) is 5.26. The highest BCUT2D eigenvalue weighted by Gasteiger charge is 2.18. The van der Waals surface area contributed by atoms with Crippen LogP contribution in [0.25, 0.3) is 0 Å². The largest absolute Gasteiger partial charge is 0.479 e. The second-order valence-corrected chi connectivity index (χ2v) is 3.92. The summed E-state index contributed by atoms with van der Waals surface area (Å²) in [4.78, 5) is 22.5. The molecule has 90 valence electrons. The van der Waals surface area contributed by atoms with Gasteiger partial charge in [0, 0.05) is 0 Å². The van der Waals surface area contributed by atoms with Gasteiger partial charge in [-0.05, 0) is 19.1 Å². The molecule has 0 aliphatic rings. The van der Waals surface area contributed by atoms with Crippen molar-refractivity contribution in [2.45, 2.75) is 13.0 Å². The minimum atomic E-state index is -1.17. The van der Waals surface area contributed by atoms with Crippen molar-refractivity contribution in [2.75, 3.05) is 0 Å². The predicted octanol–water partition coefficient (Wildman–Crippen LogP) is 2.02. The summed E-state index contributed by atoms with van der Waals surface area (Å²) in [5.41, 5.74) is 1.12. The van der Waals surface area contributed by atoms with Crippen molar-refractivity contribution < 1.29 is 14.7 Å². The third kappa shape index (κ3) is 3.32. The molecule has 0 aliphatic heterocycles. The molecule has 0 saturated carbocycles. The van der Waals surface area contributed by atoms with Crippen LogP contribution in [0, 0.1) is 6.92 Å². The Bertz CT molecular complexity index is 471. The number of aryl methyl sites for hydroxylation is 1. The van der Waals surface area contributed by atoms with E-state index >= 15 is 0 Å². The molecule has 1 atom stereocenters. The van der Waals surface area contributed by atoms with Gasteiger partial charge in [0.25, 0.3) is 5.91 Å². The molecule has 0 saturated heterocycles. The van der Waals surface area contributed by atoms with E-state index in [1.807, 2.05) is 6.92 Å². The Morgan fingerprint density at radius 2 is 2.18 bits per heavy atom. The quantitative estimate of drug-likeness (QED) is 0.807. The molecule has 17 heavy (non-hydrogen) atoms. The molecule has 4 nitrogen and oxygen atoms in total. The number of carboxylic acids is 1. The second-order valence-electron chi connectivity index (χ2n) is 3.51. The maximum atomic E-state index is 11.8. The van der Waals surface area contributed by atoms with Crippen LogP contribution in [0.1, 0.15) is 15.9 Å². The molecule has 2 N–H and O–H groups in total. The number of nitrogens with one attached hydrogen (secondary N) is 1. The summed E-state index contributed by atoms with van der Waals surface area (Å²) >= 11 is 5.86. The molecule has 0 bridgehead atoms. The molecule has 1 aromatic carbocycles. The van der Waals surface area contributed by atoms with Crippen LogP contribution in [0.4, 0.5) is 0 Å². The van der Waals surface area contributed by atoms with E-state index in [-0.39, 0.29) is 10.6 Å². The molecule has 1 unspecified atom stereocenters. The first-order chi connectivity index (χ1) is 7.95. The Labute approximate surface area is 104 Å². The van der Waals surface area contributed by atoms with Crippen molar-refractivity contribution >= 4 is 23.5 Å². The number of aliphatic carboxylic acids is 1. The van der Waals surface area contributed by atoms with Crippen LogP contribution in [0.15, 0.2) is 30.9 Å². The number of carbonyl (C=O) groups excluding carboxylic acids is 1. The van der Waals surface area contributed by atoms with Gasteiger partial charge >= 0.3 is 5.97 Å². The zero-order chi connectivity index (χ0) is 13.0. The molecular weight excluding hydrogens is 242 g/mol. The van der Waals surface area contributed by atoms with E-state index in [9.17, 15) is 9.59 Å². The van der Waals surface area contributed by atoms with E-state index in [4.69, 9.17) is 16.7 Å². The number of benzene rings is 1. The first kappa shape index (κ1) is 13.3. The van der Waals surface area contributed by atoms with Gasteiger partial charge < -0.3 is 10.4 Å². The first-order valence-electron chi connectivity index (χ1n) is 4.88. The standard InChI is InChI=1S/C12H12ClNO3/c1-3-10(12(16)17)14-11(15)8-6-7(2)4-5-9(8)13/h3-6,10H,1H2,2H3,(H,14,15)(H,16,17). The number of carbonyl (C=O) groups is 2. The number of halogens is 1. The summed E-state index contributed by atoms with van der Waals surface area (Å²) in [5.74, 6) is -1.71. The SMILES string of the molecule is C=CC(NC(=O)c1cc(C)ccc1Cl)C(=O)O. The van der Waals surface area contributed by atoms with E-state index < -0.39 is 17.9 Å². The summed E-state index contributed by atoms with van der Waals surface area (Å²) in [6.07, 6.45) is 1.14. The summed E-state index contributed by atoms with van der Waals surface area (Å²) in [7, 11) is 0. The number of hydrogen-bond acceptors (Lipinski definition) is 2. The molecule has 0 heterocycles. The smallest absolute Gasteiger partial charge is 0.330 e. The van der Waals surface area contributed by atoms with Crippen LogP contribution in [-0.4, -0.2) is 23.0 Å². The molecule has 0 radical (unpaired) electrons. The summed E-state index contributed by atoms with van der Waals surface area (Å²) < 4.78 is 0. The highest BCUT2D eigenvalue weighted by Crippen LogP contribution is 2.17. The predicted molar refractivity (Wildman–Crippen MR) is 65.3 cm³/mol. The summed E-state index contributed by atoms with van der Waals surface area (Å²) in [6.45, 7) is 5.16. The van der Waals surface area contributed by atoms with Crippen molar-refractivity contribution in [3.63, 3.8) is 0 Å². The van der Waals surface area contributed by atoms with Gasteiger partial charge in [-0.2, -0.15) is 0 Å². The van der Waals surface area contributed by atoms with Gasteiger partial charge in [-0.1, -0.05) is 29.3 Å². The topological polar surface area (TPSA) is 66.4 Å². The highest BCUT2D eigenvalue weighted by molar-refractivity contribution is 6.33. The molecule has 1 aromatic rings. The van der Waals surface area contributed by atoms with Crippen molar-refractivity contribution in [2.24, 2.45) is 0 Å². The second kappa shape index (κ2) is 5.50. The maximum absolute atomic E-state index is 11.8. The lowest BCUT2D eigenvalue weighted by Crippen LogP contribution is -2.39. The number of hydrogen-bond donors (Lipinski definition) is 2. The van der Waals surface area contributed by atoms with Gasteiger partial charge in [0.2, 0.25) is 0 Å². The van der Waals surface area contributed by atoms with Crippen molar-refractivity contribution in [3.05, 3.63) is 47.0 Å². The number of carboxylic acid groups (broad SMARTS) is 1. The van der Waals surface area contributed by atoms with E-state index in [0.717, 1.165) is 11.6 Å². The molecule has 5 heteroatoms.